The highest BCUT2D eigenvalue weighted by Gasteiger charge is 2.14. The minimum Gasteiger partial charge on any atom is -0.384 e. The first-order chi connectivity index (χ1) is 10.3. The van der Waals surface area contributed by atoms with Crippen LogP contribution in [-0.2, 0) is 0 Å². The molecular weight excluding hydrogens is 286 g/mol. The average Bonchev–Trinajstić information content (AvgIpc) is 3.09. The van der Waals surface area contributed by atoms with E-state index >= 15 is 0 Å². The lowest BCUT2D eigenvalue weighted by Crippen LogP contribution is -1.92. The molecule has 0 saturated heterocycles. The first kappa shape index (κ1) is 11.9. The molecule has 0 aliphatic carbocycles. The molecule has 102 valence electrons. The summed E-state index contributed by atoms with van der Waals surface area (Å²) in [7, 11) is 0. The van der Waals surface area contributed by atoms with Crippen LogP contribution in [0.2, 0.25) is 0 Å². The Balaban J connectivity index is 1.84. The number of nitrogen functional groups attached to an aromatic ring is 1. The normalized spacial score (nSPS) is 11.0. The Kier molecular flexibility index (Phi) is 2.61. The standard InChI is InChI=1S/C13H9N7S/c14-10-4-3-9(7-16-10)12-19-20-11(17-18-13(20)21-12)8-2-1-5-15-6-8/h1-7H,(H2,14,16). The summed E-state index contributed by atoms with van der Waals surface area (Å²) in [5.41, 5.74) is 7.37. The summed E-state index contributed by atoms with van der Waals surface area (Å²) in [4.78, 5) is 8.90. The van der Waals surface area contributed by atoms with Crippen molar-refractivity contribution in [3.05, 3.63) is 42.9 Å². The van der Waals surface area contributed by atoms with Crippen molar-refractivity contribution in [3.63, 3.8) is 0 Å². The summed E-state index contributed by atoms with van der Waals surface area (Å²) in [6.07, 6.45) is 5.15. The molecule has 21 heavy (non-hydrogen) atoms. The molecule has 0 aliphatic heterocycles. The van der Waals surface area contributed by atoms with Gasteiger partial charge in [0.25, 0.3) is 0 Å². The van der Waals surface area contributed by atoms with E-state index in [4.69, 9.17) is 5.73 Å². The Morgan fingerprint density at radius 3 is 2.76 bits per heavy atom. The molecule has 2 N–H and O–H groups in total. The maximum atomic E-state index is 5.60. The third-order valence-electron chi connectivity index (χ3n) is 2.94. The highest BCUT2D eigenvalue weighted by atomic mass is 32.1. The van der Waals surface area contributed by atoms with Crippen LogP contribution in [0.5, 0.6) is 0 Å². The van der Waals surface area contributed by atoms with Gasteiger partial charge in [-0.05, 0) is 24.3 Å². The molecular formula is C13H9N7S. The molecule has 0 spiro atoms. The fourth-order valence-corrected chi connectivity index (χ4v) is 2.77. The number of hydrogen-bond acceptors (Lipinski definition) is 7. The van der Waals surface area contributed by atoms with E-state index in [1.54, 1.807) is 29.2 Å². The maximum Gasteiger partial charge on any atom is 0.235 e. The lowest BCUT2D eigenvalue weighted by atomic mass is 10.3. The third kappa shape index (κ3) is 2.01. The largest absolute Gasteiger partial charge is 0.384 e. The summed E-state index contributed by atoms with van der Waals surface area (Å²) < 4.78 is 1.72. The first-order valence-corrected chi connectivity index (χ1v) is 6.97. The fourth-order valence-electron chi connectivity index (χ4n) is 1.94. The van der Waals surface area contributed by atoms with Gasteiger partial charge in [0.1, 0.15) is 10.8 Å². The SMILES string of the molecule is Nc1ccc(-c2nn3c(-c4cccnc4)nnc3s2)cn1. The maximum absolute atomic E-state index is 5.60. The molecule has 0 unspecified atom stereocenters. The van der Waals surface area contributed by atoms with Crippen LogP contribution < -0.4 is 5.73 Å². The number of aromatic nitrogens is 6. The van der Waals surface area contributed by atoms with Crippen molar-refractivity contribution in [2.24, 2.45) is 0 Å². The van der Waals surface area contributed by atoms with Gasteiger partial charge in [0.15, 0.2) is 5.82 Å². The Hall–Kier alpha value is -2.87. The van der Waals surface area contributed by atoms with Gasteiger partial charge in [-0.1, -0.05) is 11.3 Å². The second kappa shape index (κ2) is 4.60. The minimum atomic E-state index is 0.484. The van der Waals surface area contributed by atoms with E-state index in [1.165, 1.54) is 11.3 Å². The van der Waals surface area contributed by atoms with Crippen molar-refractivity contribution in [3.8, 4) is 22.0 Å². The molecule has 0 atom stereocenters. The predicted molar refractivity (Wildman–Crippen MR) is 79.5 cm³/mol. The molecule has 0 radical (unpaired) electrons. The van der Waals surface area contributed by atoms with Crippen LogP contribution in [0.15, 0.2) is 42.9 Å². The molecule has 8 heteroatoms. The number of pyridine rings is 2. The third-order valence-corrected chi connectivity index (χ3v) is 3.89. The highest BCUT2D eigenvalue weighted by Crippen LogP contribution is 2.27. The van der Waals surface area contributed by atoms with Crippen LogP contribution in [0.1, 0.15) is 0 Å². The van der Waals surface area contributed by atoms with Crippen molar-refractivity contribution in [1.29, 1.82) is 0 Å². The van der Waals surface area contributed by atoms with Gasteiger partial charge in [-0.2, -0.15) is 9.61 Å². The van der Waals surface area contributed by atoms with Gasteiger partial charge in [0.05, 0.1) is 0 Å². The van der Waals surface area contributed by atoms with Crippen molar-refractivity contribution in [2.75, 3.05) is 5.73 Å². The van der Waals surface area contributed by atoms with Crippen LogP contribution in [-0.4, -0.2) is 29.8 Å². The lowest BCUT2D eigenvalue weighted by molar-refractivity contribution is 0.968. The molecule has 4 heterocycles. The number of hydrogen-bond donors (Lipinski definition) is 1. The molecule has 0 fully saturated rings. The van der Waals surface area contributed by atoms with Gasteiger partial charge in [-0.15, -0.1) is 10.2 Å². The zero-order valence-corrected chi connectivity index (χ0v) is 11.5. The lowest BCUT2D eigenvalue weighted by Gasteiger charge is -1.96. The highest BCUT2D eigenvalue weighted by molar-refractivity contribution is 7.19. The van der Waals surface area contributed by atoms with Crippen molar-refractivity contribution in [1.82, 2.24) is 29.8 Å². The fraction of sp³-hybridized carbons (Fsp3) is 0. The molecule has 0 bridgehead atoms. The number of fused-ring (bicyclic) bond motifs is 1. The number of rotatable bonds is 2. The zero-order valence-electron chi connectivity index (χ0n) is 10.7. The smallest absolute Gasteiger partial charge is 0.235 e. The molecule has 0 saturated carbocycles. The van der Waals surface area contributed by atoms with E-state index in [2.05, 4.69) is 25.3 Å². The number of nitrogens with zero attached hydrogens (tertiary/aromatic N) is 6. The summed E-state index contributed by atoms with van der Waals surface area (Å²) in [6, 6.07) is 7.42. The van der Waals surface area contributed by atoms with Crippen molar-refractivity contribution < 1.29 is 0 Å². The van der Waals surface area contributed by atoms with E-state index in [1.807, 2.05) is 18.2 Å². The monoisotopic (exact) mass is 295 g/mol. The summed E-state index contributed by atoms with van der Waals surface area (Å²) in [5.74, 6) is 1.15. The number of anilines is 1. The van der Waals surface area contributed by atoms with E-state index in [0.29, 0.717) is 11.6 Å². The molecule has 4 aromatic heterocycles. The molecule has 7 nitrogen and oxygen atoms in total. The van der Waals surface area contributed by atoms with Crippen LogP contribution in [0.25, 0.3) is 26.9 Å². The summed E-state index contributed by atoms with van der Waals surface area (Å²) in [6.45, 7) is 0. The van der Waals surface area contributed by atoms with Crippen molar-refractivity contribution >= 4 is 22.1 Å². The Morgan fingerprint density at radius 2 is 2.00 bits per heavy atom. The minimum absolute atomic E-state index is 0.484. The van der Waals surface area contributed by atoms with Gasteiger partial charge < -0.3 is 5.73 Å². The second-order valence-corrected chi connectivity index (χ2v) is 5.29. The van der Waals surface area contributed by atoms with Gasteiger partial charge in [-0.3, -0.25) is 4.98 Å². The van der Waals surface area contributed by atoms with Crippen LogP contribution in [0, 0.1) is 0 Å². The summed E-state index contributed by atoms with van der Waals surface area (Å²) in [5, 5.41) is 13.7. The molecule has 4 aromatic rings. The van der Waals surface area contributed by atoms with E-state index in [0.717, 1.165) is 21.1 Å². The average molecular weight is 295 g/mol. The van der Waals surface area contributed by atoms with Gasteiger partial charge in [0.2, 0.25) is 4.96 Å². The Bertz CT molecular complexity index is 895. The zero-order chi connectivity index (χ0) is 14.2. The molecule has 0 aliphatic rings. The van der Waals surface area contributed by atoms with Gasteiger partial charge >= 0.3 is 0 Å². The van der Waals surface area contributed by atoms with Crippen LogP contribution in [0.3, 0.4) is 0 Å². The van der Waals surface area contributed by atoms with Crippen molar-refractivity contribution in [2.45, 2.75) is 0 Å². The van der Waals surface area contributed by atoms with E-state index < -0.39 is 0 Å². The predicted octanol–water partition coefficient (Wildman–Crippen LogP) is 1.89. The molecule has 0 amide bonds. The van der Waals surface area contributed by atoms with E-state index in [-0.39, 0.29) is 0 Å². The number of nitrogens with two attached hydrogens (primary N) is 1. The Morgan fingerprint density at radius 1 is 1.05 bits per heavy atom. The van der Waals surface area contributed by atoms with Crippen LogP contribution in [0.4, 0.5) is 5.82 Å². The summed E-state index contributed by atoms with van der Waals surface area (Å²) >= 11 is 1.45. The topological polar surface area (TPSA) is 94.9 Å². The van der Waals surface area contributed by atoms with Gasteiger partial charge in [0, 0.05) is 29.7 Å². The second-order valence-electron chi connectivity index (χ2n) is 4.34. The Labute approximate surface area is 123 Å². The van der Waals surface area contributed by atoms with Gasteiger partial charge in [-0.25, -0.2) is 4.98 Å². The molecule has 0 aromatic carbocycles. The molecule has 4 rings (SSSR count). The quantitative estimate of drug-likeness (QED) is 0.607. The first-order valence-electron chi connectivity index (χ1n) is 6.16. The van der Waals surface area contributed by atoms with E-state index in [9.17, 15) is 0 Å². The van der Waals surface area contributed by atoms with Crippen LogP contribution >= 0.6 is 11.3 Å².